The average Bonchev–Trinajstić information content (AvgIpc) is 2.72. The Kier molecular flexibility index (Phi) is 4.90. The summed E-state index contributed by atoms with van der Waals surface area (Å²) in [4.78, 5) is 0.183. The third-order valence-corrected chi connectivity index (χ3v) is 5.18. The van der Waals surface area contributed by atoms with Crippen molar-refractivity contribution < 1.29 is 26.3 Å². The monoisotopic (exact) mass is 364 g/mol. The van der Waals surface area contributed by atoms with Gasteiger partial charge >= 0.3 is 16.8 Å². The van der Waals surface area contributed by atoms with Crippen LogP contribution in [0.5, 0.6) is 5.75 Å². The summed E-state index contributed by atoms with van der Waals surface area (Å²) in [6.45, 7) is 3.53. The molecule has 1 N–H and O–H groups in total. The second-order valence-electron chi connectivity index (χ2n) is 4.96. The van der Waals surface area contributed by atoms with Crippen molar-refractivity contribution in [2.75, 3.05) is 11.8 Å². The first-order valence-electron chi connectivity index (χ1n) is 6.79. The van der Waals surface area contributed by atoms with E-state index in [1.54, 1.807) is 25.6 Å². The topological polar surface area (TPSA) is 65.4 Å². The minimum absolute atomic E-state index is 0.183. The van der Waals surface area contributed by atoms with Crippen molar-refractivity contribution in [3.8, 4) is 5.75 Å². The summed E-state index contributed by atoms with van der Waals surface area (Å²) in [6, 6.07) is 4.65. The molecule has 24 heavy (non-hydrogen) atoms. The number of rotatable bonds is 5. The van der Waals surface area contributed by atoms with Crippen LogP contribution in [-0.4, -0.2) is 23.3 Å². The maximum Gasteiger partial charge on any atom is 0.573 e. The molecule has 0 aliphatic carbocycles. The van der Waals surface area contributed by atoms with Crippen LogP contribution in [0.1, 0.15) is 11.4 Å². The number of halogens is 3. The number of nitrogens with zero attached hydrogens (tertiary/aromatic N) is 2. The number of aromatic nitrogens is 2. The van der Waals surface area contributed by atoms with Crippen molar-refractivity contribution in [2.45, 2.75) is 25.1 Å². The van der Waals surface area contributed by atoms with Gasteiger partial charge in [0.15, 0.2) is 0 Å². The van der Waals surface area contributed by atoms with E-state index in [0.29, 0.717) is 11.4 Å². The number of anilines is 1. The van der Waals surface area contributed by atoms with E-state index in [-0.39, 0.29) is 4.90 Å². The Morgan fingerprint density at radius 3 is 2.21 bits per heavy atom. The average molecular weight is 364 g/mol. The lowest BCUT2D eigenvalue weighted by atomic mass is 10.3. The molecule has 1 aromatic heterocycles. The molecule has 0 saturated heterocycles. The molecule has 1 aromatic carbocycles. The molecule has 0 saturated carbocycles. The van der Waals surface area contributed by atoms with Gasteiger partial charge in [0.25, 0.3) is 0 Å². The summed E-state index contributed by atoms with van der Waals surface area (Å²) in [6.07, 6.45) is -4.79. The smallest absolute Gasteiger partial charge is 0.406 e. The van der Waals surface area contributed by atoms with Gasteiger partial charge in [0, 0.05) is 19.2 Å². The fourth-order valence-corrected chi connectivity index (χ4v) is 3.53. The van der Waals surface area contributed by atoms with Crippen LogP contribution in [0.25, 0.3) is 0 Å². The highest BCUT2D eigenvalue weighted by molar-refractivity contribution is 7.99. The third kappa shape index (κ3) is 3.88. The highest BCUT2D eigenvalue weighted by Crippen LogP contribution is 2.30. The first kappa shape index (κ1) is 18.3. The summed E-state index contributed by atoms with van der Waals surface area (Å²) in [5.74, 6) is -0.405. The molecule has 0 spiro atoms. The van der Waals surface area contributed by atoms with Crippen molar-refractivity contribution in [2.24, 2.45) is 7.05 Å². The van der Waals surface area contributed by atoms with Gasteiger partial charge in [-0.1, -0.05) is 0 Å². The van der Waals surface area contributed by atoms with Crippen LogP contribution in [0.4, 0.5) is 18.9 Å². The van der Waals surface area contributed by atoms with E-state index in [1.165, 1.54) is 19.2 Å². The number of alkyl halides is 3. The summed E-state index contributed by atoms with van der Waals surface area (Å²) < 4.78 is 62.9. The van der Waals surface area contributed by atoms with Crippen molar-refractivity contribution in [3.05, 3.63) is 35.7 Å². The van der Waals surface area contributed by atoms with E-state index >= 15 is 0 Å². The number of ether oxygens (including phenoxy) is 1. The fourth-order valence-electron chi connectivity index (χ4n) is 2.07. The van der Waals surface area contributed by atoms with Crippen LogP contribution < -0.4 is 9.46 Å². The van der Waals surface area contributed by atoms with Gasteiger partial charge in [0.2, 0.25) is 4.90 Å². The van der Waals surface area contributed by atoms with Crippen LogP contribution in [-0.2, 0) is 25.8 Å². The van der Waals surface area contributed by atoms with E-state index in [2.05, 4.69) is 14.6 Å². The van der Waals surface area contributed by atoms with Crippen molar-refractivity contribution in [1.29, 1.82) is 0 Å². The Hall–Kier alpha value is -2.07. The maximum atomic E-state index is 13.0. The van der Waals surface area contributed by atoms with Gasteiger partial charge in [-0.25, -0.2) is 0 Å². The maximum absolute atomic E-state index is 13.0. The molecule has 1 unspecified atom stereocenters. The second kappa shape index (κ2) is 6.44. The minimum atomic E-state index is -4.79. The lowest BCUT2D eigenvalue weighted by molar-refractivity contribution is -0.274. The van der Waals surface area contributed by atoms with Crippen molar-refractivity contribution in [3.63, 3.8) is 0 Å². The third-order valence-electron chi connectivity index (χ3n) is 3.35. The molecule has 0 fully saturated rings. The highest BCUT2D eigenvalue weighted by atomic mass is 32.3. The van der Waals surface area contributed by atoms with Gasteiger partial charge in [-0.3, -0.25) is 4.68 Å². The van der Waals surface area contributed by atoms with Gasteiger partial charge in [0.05, 0.1) is 18.5 Å². The Morgan fingerprint density at radius 1 is 1.21 bits per heavy atom. The second-order valence-corrected chi connectivity index (χ2v) is 6.98. The molecular weight excluding hydrogens is 347 g/mol. The molecule has 6 nitrogen and oxygen atoms in total. The zero-order valence-electron chi connectivity index (χ0n) is 13.5. The van der Waals surface area contributed by atoms with Crippen LogP contribution in [0, 0.1) is 13.8 Å². The van der Waals surface area contributed by atoms with Crippen LogP contribution >= 0.6 is 0 Å². The summed E-state index contributed by atoms with van der Waals surface area (Å²) in [7, 11) is -0.203. The van der Waals surface area contributed by atoms with E-state index in [4.69, 9.17) is 4.18 Å². The van der Waals surface area contributed by atoms with Crippen molar-refractivity contribution in [1.82, 2.24) is 9.78 Å². The van der Waals surface area contributed by atoms with Gasteiger partial charge < -0.3 is 4.74 Å². The summed E-state index contributed by atoms with van der Waals surface area (Å²) in [5, 5.41) is 4.21. The van der Waals surface area contributed by atoms with Gasteiger partial charge in [-0.15, -0.1) is 17.4 Å². The molecule has 2 aromatic rings. The normalized spacial score (nSPS) is 14.3. The zero-order valence-corrected chi connectivity index (χ0v) is 14.3. The SMILES string of the molecule is CO[S+](=O)(Nc1c(C)nn(C)c1C)c1ccc(OC(F)(F)F)cc1. The molecule has 1 heterocycles. The predicted octanol–water partition coefficient (Wildman–Crippen LogP) is 3.38. The summed E-state index contributed by atoms with van der Waals surface area (Å²) in [5.41, 5.74) is 1.91. The van der Waals surface area contributed by atoms with E-state index < -0.39 is 22.5 Å². The van der Waals surface area contributed by atoms with Gasteiger partial charge in [-0.2, -0.15) is 9.82 Å². The van der Waals surface area contributed by atoms with E-state index in [0.717, 1.165) is 17.8 Å². The fraction of sp³-hybridized carbons (Fsp3) is 0.357. The predicted molar refractivity (Wildman–Crippen MR) is 82.8 cm³/mol. The molecule has 0 aliphatic rings. The van der Waals surface area contributed by atoms with Crippen LogP contribution in [0.2, 0.25) is 0 Å². The first-order chi connectivity index (χ1) is 11.1. The summed E-state index contributed by atoms with van der Waals surface area (Å²) >= 11 is 0. The Balaban J connectivity index is 2.31. The molecular formula is C14H17F3N3O3S+. The molecule has 0 aliphatic heterocycles. The minimum Gasteiger partial charge on any atom is -0.406 e. The first-order valence-corrected chi connectivity index (χ1v) is 8.27. The lowest BCUT2D eigenvalue weighted by Gasteiger charge is -2.12. The lowest BCUT2D eigenvalue weighted by Crippen LogP contribution is -2.24. The Labute approximate surface area is 138 Å². The highest BCUT2D eigenvalue weighted by Gasteiger charge is 2.36. The molecule has 10 heteroatoms. The largest absolute Gasteiger partial charge is 0.573 e. The molecule has 2 rings (SSSR count). The quantitative estimate of drug-likeness (QED) is 0.826. The number of hydrogen-bond acceptors (Lipinski definition) is 4. The van der Waals surface area contributed by atoms with Gasteiger partial charge in [-0.05, 0) is 30.2 Å². The molecule has 0 radical (unpaired) electrons. The number of aryl methyl sites for hydroxylation is 2. The Morgan fingerprint density at radius 2 is 1.79 bits per heavy atom. The van der Waals surface area contributed by atoms with Crippen molar-refractivity contribution >= 4 is 16.1 Å². The molecule has 0 bridgehead atoms. The van der Waals surface area contributed by atoms with E-state index in [9.17, 15) is 17.4 Å². The van der Waals surface area contributed by atoms with Gasteiger partial charge in [0.1, 0.15) is 11.4 Å². The number of benzene rings is 1. The van der Waals surface area contributed by atoms with Crippen LogP contribution in [0.3, 0.4) is 0 Å². The Bertz CT molecular complexity index is 772. The number of nitrogens with one attached hydrogen (secondary N) is 1. The molecule has 0 amide bonds. The van der Waals surface area contributed by atoms with Crippen LogP contribution in [0.15, 0.2) is 29.2 Å². The molecule has 132 valence electrons. The standard InChI is InChI=1S/C14H17F3N3O3S/c1-9-13(10(2)20(3)18-9)19-24(21,22-4)12-7-5-11(6-8-12)23-14(15,16)17/h5-8H,1-4H3,(H,19,21)/q+1. The van der Waals surface area contributed by atoms with E-state index in [1.807, 2.05) is 0 Å². The molecule has 1 atom stereocenters. The zero-order chi connectivity index (χ0) is 18.1. The number of hydrogen-bond donors (Lipinski definition) is 1.